The first-order valence-corrected chi connectivity index (χ1v) is 5.00. The van der Waals surface area contributed by atoms with Crippen molar-refractivity contribution in [2.45, 2.75) is 26.3 Å². The first-order valence-electron chi connectivity index (χ1n) is 5.00. The zero-order valence-corrected chi connectivity index (χ0v) is 9.48. The highest BCUT2D eigenvalue weighted by molar-refractivity contribution is 5.53. The van der Waals surface area contributed by atoms with E-state index in [4.69, 9.17) is 0 Å². The lowest BCUT2D eigenvalue weighted by Crippen LogP contribution is -2.21. The van der Waals surface area contributed by atoms with Crippen LogP contribution < -0.4 is 0 Å². The molecule has 5 heteroatoms. The SMILES string of the molecule is CC(C)(C)n1cnnc1-c1cncc(F)c1. The molecule has 16 heavy (non-hydrogen) atoms. The van der Waals surface area contributed by atoms with Crippen LogP contribution in [0.4, 0.5) is 4.39 Å². The zero-order valence-electron chi connectivity index (χ0n) is 9.48. The standard InChI is InChI=1S/C11H13FN4/c1-11(2,3)16-7-14-15-10(16)8-4-9(12)6-13-5-8/h4-7H,1-3H3. The van der Waals surface area contributed by atoms with E-state index in [1.807, 2.05) is 25.3 Å². The van der Waals surface area contributed by atoms with Crippen molar-refractivity contribution < 1.29 is 4.39 Å². The minimum atomic E-state index is -0.374. The van der Waals surface area contributed by atoms with Crippen LogP contribution in [0, 0.1) is 5.82 Å². The number of rotatable bonds is 1. The first kappa shape index (κ1) is 10.7. The van der Waals surface area contributed by atoms with E-state index in [0.29, 0.717) is 11.4 Å². The van der Waals surface area contributed by atoms with E-state index >= 15 is 0 Å². The number of hydrogen-bond donors (Lipinski definition) is 0. The summed E-state index contributed by atoms with van der Waals surface area (Å²) >= 11 is 0. The fraction of sp³-hybridized carbons (Fsp3) is 0.364. The Hall–Kier alpha value is -1.78. The summed E-state index contributed by atoms with van der Waals surface area (Å²) in [7, 11) is 0. The van der Waals surface area contributed by atoms with E-state index < -0.39 is 0 Å². The average Bonchev–Trinajstić information content (AvgIpc) is 2.65. The molecule has 4 nitrogen and oxygen atoms in total. The molecular formula is C11H13FN4. The number of halogens is 1. The van der Waals surface area contributed by atoms with E-state index in [1.54, 1.807) is 12.5 Å². The number of aromatic nitrogens is 4. The van der Waals surface area contributed by atoms with Crippen LogP contribution in [0.2, 0.25) is 0 Å². The minimum absolute atomic E-state index is 0.148. The highest BCUT2D eigenvalue weighted by atomic mass is 19.1. The summed E-state index contributed by atoms with van der Waals surface area (Å²) in [5.74, 6) is 0.250. The van der Waals surface area contributed by atoms with Gasteiger partial charge in [-0.25, -0.2) is 4.39 Å². The van der Waals surface area contributed by atoms with Gasteiger partial charge in [0.25, 0.3) is 0 Å². The van der Waals surface area contributed by atoms with Gasteiger partial charge in [-0.2, -0.15) is 0 Å². The Morgan fingerprint density at radius 1 is 1.25 bits per heavy atom. The van der Waals surface area contributed by atoms with Crippen molar-refractivity contribution in [2.75, 3.05) is 0 Å². The molecule has 0 aliphatic carbocycles. The van der Waals surface area contributed by atoms with Crippen LogP contribution in [0.1, 0.15) is 20.8 Å². The summed E-state index contributed by atoms with van der Waals surface area (Å²) < 4.78 is 15.0. The van der Waals surface area contributed by atoms with Crippen LogP contribution in [0.15, 0.2) is 24.8 Å². The van der Waals surface area contributed by atoms with E-state index in [2.05, 4.69) is 15.2 Å². The minimum Gasteiger partial charge on any atom is -0.308 e. The second-order valence-corrected chi connectivity index (χ2v) is 4.59. The molecule has 2 rings (SSSR count). The van der Waals surface area contributed by atoms with Gasteiger partial charge in [-0.3, -0.25) is 4.98 Å². The molecule has 2 heterocycles. The van der Waals surface area contributed by atoms with Crippen LogP contribution in [0.3, 0.4) is 0 Å². The molecule has 84 valence electrons. The van der Waals surface area contributed by atoms with E-state index in [0.717, 1.165) is 0 Å². The highest BCUT2D eigenvalue weighted by Crippen LogP contribution is 2.23. The summed E-state index contributed by atoms with van der Waals surface area (Å²) in [6, 6.07) is 1.40. The Kier molecular flexibility index (Phi) is 2.46. The number of nitrogens with zero attached hydrogens (tertiary/aromatic N) is 4. The van der Waals surface area contributed by atoms with Crippen molar-refractivity contribution in [3.05, 3.63) is 30.6 Å². The Labute approximate surface area is 93.2 Å². The van der Waals surface area contributed by atoms with Gasteiger partial charge in [0, 0.05) is 17.3 Å². The van der Waals surface area contributed by atoms with Gasteiger partial charge in [-0.05, 0) is 26.8 Å². The summed E-state index contributed by atoms with van der Waals surface area (Å²) in [5, 5.41) is 7.86. The van der Waals surface area contributed by atoms with Gasteiger partial charge in [0.15, 0.2) is 5.82 Å². The van der Waals surface area contributed by atoms with Crippen molar-refractivity contribution in [3.8, 4) is 11.4 Å². The number of hydrogen-bond acceptors (Lipinski definition) is 3. The second kappa shape index (κ2) is 3.66. The highest BCUT2D eigenvalue weighted by Gasteiger charge is 2.19. The topological polar surface area (TPSA) is 43.6 Å². The van der Waals surface area contributed by atoms with Gasteiger partial charge in [0.2, 0.25) is 0 Å². The van der Waals surface area contributed by atoms with Gasteiger partial charge < -0.3 is 4.57 Å². The van der Waals surface area contributed by atoms with Gasteiger partial charge in [-0.1, -0.05) is 0 Å². The molecule has 0 N–H and O–H groups in total. The molecule has 0 saturated carbocycles. The summed E-state index contributed by atoms with van der Waals surface area (Å²) in [6.07, 6.45) is 4.39. The molecule has 0 saturated heterocycles. The molecule has 0 aliphatic rings. The molecule has 0 radical (unpaired) electrons. The maximum atomic E-state index is 13.1. The zero-order chi connectivity index (χ0) is 11.8. The monoisotopic (exact) mass is 220 g/mol. The number of pyridine rings is 1. The van der Waals surface area contributed by atoms with Crippen LogP contribution in [-0.4, -0.2) is 19.7 Å². The average molecular weight is 220 g/mol. The predicted octanol–water partition coefficient (Wildman–Crippen LogP) is 2.23. The molecule has 0 amide bonds. The van der Waals surface area contributed by atoms with E-state index in [1.165, 1.54) is 12.3 Å². The van der Waals surface area contributed by atoms with Gasteiger partial charge in [-0.15, -0.1) is 10.2 Å². The van der Waals surface area contributed by atoms with Crippen molar-refractivity contribution in [3.63, 3.8) is 0 Å². The molecule has 2 aromatic heterocycles. The summed E-state index contributed by atoms with van der Waals surface area (Å²) in [6.45, 7) is 6.10. The third kappa shape index (κ3) is 1.93. The molecule has 0 unspecified atom stereocenters. The van der Waals surface area contributed by atoms with Crippen LogP contribution >= 0.6 is 0 Å². The normalized spacial score (nSPS) is 11.8. The van der Waals surface area contributed by atoms with Crippen molar-refractivity contribution >= 4 is 0 Å². The van der Waals surface area contributed by atoms with Gasteiger partial charge >= 0.3 is 0 Å². The van der Waals surface area contributed by atoms with Crippen molar-refractivity contribution in [2.24, 2.45) is 0 Å². The lowest BCUT2D eigenvalue weighted by Gasteiger charge is -2.22. The molecular weight excluding hydrogens is 207 g/mol. The van der Waals surface area contributed by atoms with Crippen LogP contribution in [0.5, 0.6) is 0 Å². The molecule has 0 spiro atoms. The maximum absolute atomic E-state index is 13.1. The summed E-state index contributed by atoms with van der Waals surface area (Å²) in [4.78, 5) is 3.81. The molecule has 0 aromatic carbocycles. The smallest absolute Gasteiger partial charge is 0.165 e. The Bertz CT molecular complexity index is 499. The fourth-order valence-corrected chi connectivity index (χ4v) is 1.46. The Morgan fingerprint density at radius 3 is 2.62 bits per heavy atom. The fourth-order valence-electron chi connectivity index (χ4n) is 1.46. The van der Waals surface area contributed by atoms with Gasteiger partial charge in [0.1, 0.15) is 12.1 Å². The predicted molar refractivity (Wildman–Crippen MR) is 58.2 cm³/mol. The third-order valence-corrected chi connectivity index (χ3v) is 2.23. The van der Waals surface area contributed by atoms with Crippen LogP contribution in [0.25, 0.3) is 11.4 Å². The Morgan fingerprint density at radius 2 is 2.00 bits per heavy atom. The lowest BCUT2D eigenvalue weighted by molar-refractivity contribution is 0.399. The lowest BCUT2D eigenvalue weighted by atomic mass is 10.1. The third-order valence-electron chi connectivity index (χ3n) is 2.23. The molecule has 2 aromatic rings. The molecule has 0 fully saturated rings. The van der Waals surface area contributed by atoms with Crippen molar-refractivity contribution in [1.82, 2.24) is 19.7 Å². The summed E-state index contributed by atoms with van der Waals surface area (Å²) in [5.41, 5.74) is 0.484. The van der Waals surface area contributed by atoms with Crippen LogP contribution in [-0.2, 0) is 5.54 Å². The first-order chi connectivity index (χ1) is 7.48. The van der Waals surface area contributed by atoms with Crippen molar-refractivity contribution in [1.29, 1.82) is 0 Å². The quantitative estimate of drug-likeness (QED) is 0.740. The molecule has 0 aliphatic heterocycles. The molecule has 0 bridgehead atoms. The maximum Gasteiger partial charge on any atom is 0.165 e. The Balaban J connectivity index is 2.53. The van der Waals surface area contributed by atoms with E-state index in [-0.39, 0.29) is 11.4 Å². The second-order valence-electron chi connectivity index (χ2n) is 4.59. The van der Waals surface area contributed by atoms with Gasteiger partial charge in [0.05, 0.1) is 6.20 Å². The van der Waals surface area contributed by atoms with E-state index in [9.17, 15) is 4.39 Å². The molecule has 0 atom stereocenters. The largest absolute Gasteiger partial charge is 0.308 e.